The lowest BCUT2D eigenvalue weighted by Crippen LogP contribution is -1.91. The minimum absolute atomic E-state index is 0.0983. The predicted octanol–water partition coefficient (Wildman–Crippen LogP) is 2.83. The van der Waals surface area contributed by atoms with Gasteiger partial charge in [-0.25, -0.2) is 0 Å². The minimum Gasteiger partial charge on any atom is -0.295 e. The fourth-order valence-electron chi connectivity index (χ4n) is 1.05. The molecule has 0 heterocycles. The molecule has 0 radical (unpaired) electrons. The summed E-state index contributed by atoms with van der Waals surface area (Å²) in [4.78, 5) is 11.0. The summed E-state index contributed by atoms with van der Waals surface area (Å²) in [7, 11) is 0. The van der Waals surface area contributed by atoms with Crippen molar-refractivity contribution in [3.8, 4) is 0 Å². The summed E-state index contributed by atoms with van der Waals surface area (Å²) in [6.07, 6.45) is 3.90. The molecule has 2 heteroatoms. The first-order valence-electron chi connectivity index (χ1n) is 4.12. The number of rotatable bonds is 3. The minimum atomic E-state index is 0.0983. The average Bonchev–Trinajstić information content (AvgIpc) is 2.15. The van der Waals surface area contributed by atoms with Gasteiger partial charge in [-0.1, -0.05) is 30.4 Å². The van der Waals surface area contributed by atoms with Crippen molar-refractivity contribution in [3.05, 3.63) is 41.5 Å². The van der Waals surface area contributed by atoms with E-state index in [1.165, 1.54) is 0 Å². The van der Waals surface area contributed by atoms with Crippen LogP contribution in [-0.2, 0) is 0 Å². The molecule has 0 aliphatic carbocycles. The summed E-state index contributed by atoms with van der Waals surface area (Å²) >= 11 is 4.06. The highest BCUT2D eigenvalue weighted by Gasteiger charge is 1.97. The Morgan fingerprint density at radius 1 is 1.54 bits per heavy atom. The van der Waals surface area contributed by atoms with E-state index >= 15 is 0 Å². The van der Waals surface area contributed by atoms with Crippen molar-refractivity contribution in [2.45, 2.75) is 6.92 Å². The van der Waals surface area contributed by atoms with E-state index < -0.39 is 0 Å². The summed E-state index contributed by atoms with van der Waals surface area (Å²) in [6, 6.07) is 7.55. The zero-order valence-corrected chi connectivity index (χ0v) is 8.42. The molecule has 0 bridgehead atoms. The molecule has 13 heavy (non-hydrogen) atoms. The molecule has 1 aromatic rings. The summed E-state index contributed by atoms with van der Waals surface area (Å²) in [5.74, 6) is 0.811. The van der Waals surface area contributed by atoms with E-state index in [1.807, 2.05) is 36.4 Å². The second kappa shape index (κ2) is 4.87. The SMILES string of the molecule is CC(=O)c1cccc(C=CCS)c1. The van der Waals surface area contributed by atoms with Crippen LogP contribution in [0.5, 0.6) is 0 Å². The number of carbonyl (C=O) groups is 1. The Bertz CT molecular complexity index is 329. The smallest absolute Gasteiger partial charge is 0.159 e. The lowest BCUT2D eigenvalue weighted by Gasteiger charge is -1.96. The van der Waals surface area contributed by atoms with Crippen molar-refractivity contribution in [1.82, 2.24) is 0 Å². The molecule has 1 nitrogen and oxygen atoms in total. The first-order valence-corrected chi connectivity index (χ1v) is 4.75. The Morgan fingerprint density at radius 2 is 2.31 bits per heavy atom. The first-order chi connectivity index (χ1) is 6.24. The van der Waals surface area contributed by atoms with Crippen LogP contribution in [0.4, 0.5) is 0 Å². The zero-order valence-electron chi connectivity index (χ0n) is 7.53. The lowest BCUT2D eigenvalue weighted by atomic mass is 10.1. The van der Waals surface area contributed by atoms with E-state index in [2.05, 4.69) is 12.6 Å². The molecule has 1 aromatic carbocycles. The zero-order chi connectivity index (χ0) is 9.68. The van der Waals surface area contributed by atoms with E-state index in [4.69, 9.17) is 0 Å². The van der Waals surface area contributed by atoms with Crippen LogP contribution in [0, 0.1) is 0 Å². The van der Waals surface area contributed by atoms with Crippen molar-refractivity contribution in [2.75, 3.05) is 5.75 Å². The number of hydrogen-bond acceptors (Lipinski definition) is 2. The largest absolute Gasteiger partial charge is 0.295 e. The maximum Gasteiger partial charge on any atom is 0.159 e. The first kappa shape index (κ1) is 10.1. The van der Waals surface area contributed by atoms with Crippen molar-refractivity contribution in [2.24, 2.45) is 0 Å². The maximum atomic E-state index is 11.0. The van der Waals surface area contributed by atoms with Crippen LogP contribution < -0.4 is 0 Å². The molecule has 0 spiro atoms. The monoisotopic (exact) mass is 192 g/mol. The molecule has 0 aliphatic rings. The summed E-state index contributed by atoms with van der Waals surface area (Å²) < 4.78 is 0. The second-order valence-electron chi connectivity index (χ2n) is 2.77. The molecule has 0 atom stereocenters. The average molecular weight is 192 g/mol. The maximum absolute atomic E-state index is 11.0. The number of benzene rings is 1. The van der Waals surface area contributed by atoms with Crippen molar-refractivity contribution in [3.63, 3.8) is 0 Å². The Morgan fingerprint density at radius 3 is 2.92 bits per heavy atom. The van der Waals surface area contributed by atoms with Gasteiger partial charge in [-0.2, -0.15) is 12.6 Å². The molecule has 0 saturated heterocycles. The number of ketones is 1. The third kappa shape index (κ3) is 3.07. The summed E-state index contributed by atoms with van der Waals surface area (Å²) in [5, 5.41) is 0. The van der Waals surface area contributed by atoms with Gasteiger partial charge in [0.05, 0.1) is 0 Å². The van der Waals surface area contributed by atoms with Crippen LogP contribution in [0.25, 0.3) is 6.08 Å². The second-order valence-corrected chi connectivity index (χ2v) is 3.13. The standard InChI is InChI=1S/C11H12OS/c1-9(12)11-6-2-4-10(8-11)5-3-7-13/h2-6,8,13H,7H2,1H3. The van der Waals surface area contributed by atoms with Crippen molar-refractivity contribution in [1.29, 1.82) is 0 Å². The van der Waals surface area contributed by atoms with Crippen molar-refractivity contribution < 1.29 is 4.79 Å². The van der Waals surface area contributed by atoms with Gasteiger partial charge in [-0.15, -0.1) is 0 Å². The predicted molar refractivity (Wildman–Crippen MR) is 59.3 cm³/mol. The fourth-order valence-corrected chi connectivity index (χ4v) is 1.16. The van der Waals surface area contributed by atoms with Gasteiger partial charge in [0.2, 0.25) is 0 Å². The Kier molecular flexibility index (Phi) is 3.77. The lowest BCUT2D eigenvalue weighted by molar-refractivity contribution is 0.101. The molecule has 1 rings (SSSR count). The van der Waals surface area contributed by atoms with E-state index in [0.29, 0.717) is 5.75 Å². The van der Waals surface area contributed by atoms with Crippen LogP contribution in [0.15, 0.2) is 30.3 Å². The Hall–Kier alpha value is -1.02. The normalized spacial score (nSPS) is 10.6. The quantitative estimate of drug-likeness (QED) is 0.575. The molecule has 0 aliphatic heterocycles. The van der Waals surface area contributed by atoms with Gasteiger partial charge in [0.1, 0.15) is 0 Å². The van der Waals surface area contributed by atoms with Crippen LogP contribution in [-0.4, -0.2) is 11.5 Å². The highest BCUT2D eigenvalue weighted by atomic mass is 32.1. The van der Waals surface area contributed by atoms with Crippen LogP contribution in [0.3, 0.4) is 0 Å². The summed E-state index contributed by atoms with van der Waals surface area (Å²) in [5.41, 5.74) is 1.79. The molecule has 0 amide bonds. The molecule has 0 N–H and O–H groups in total. The van der Waals surface area contributed by atoms with Crippen molar-refractivity contribution >= 4 is 24.5 Å². The van der Waals surface area contributed by atoms with Gasteiger partial charge >= 0.3 is 0 Å². The number of carbonyl (C=O) groups excluding carboxylic acids is 1. The molecular formula is C11H12OS. The molecule has 0 fully saturated rings. The van der Waals surface area contributed by atoms with Gasteiger partial charge in [0, 0.05) is 11.3 Å². The topological polar surface area (TPSA) is 17.1 Å². The van der Waals surface area contributed by atoms with E-state index in [-0.39, 0.29) is 5.78 Å². The van der Waals surface area contributed by atoms with Gasteiger partial charge in [0.15, 0.2) is 5.78 Å². The molecular weight excluding hydrogens is 180 g/mol. The molecule has 68 valence electrons. The van der Waals surface area contributed by atoms with E-state index in [1.54, 1.807) is 6.92 Å². The highest BCUT2D eigenvalue weighted by molar-refractivity contribution is 7.80. The summed E-state index contributed by atoms with van der Waals surface area (Å²) in [6.45, 7) is 1.57. The van der Waals surface area contributed by atoms with Crippen LogP contribution in [0.2, 0.25) is 0 Å². The van der Waals surface area contributed by atoms with Crippen LogP contribution in [0.1, 0.15) is 22.8 Å². The van der Waals surface area contributed by atoms with E-state index in [9.17, 15) is 4.79 Å². The van der Waals surface area contributed by atoms with Gasteiger partial charge in [0.25, 0.3) is 0 Å². The fraction of sp³-hybridized carbons (Fsp3) is 0.182. The third-order valence-corrected chi connectivity index (χ3v) is 1.92. The number of thiol groups is 1. The highest BCUT2D eigenvalue weighted by Crippen LogP contribution is 2.07. The van der Waals surface area contributed by atoms with Gasteiger partial charge in [-0.05, 0) is 18.6 Å². The molecule has 0 unspecified atom stereocenters. The van der Waals surface area contributed by atoms with E-state index in [0.717, 1.165) is 11.1 Å². The Balaban J connectivity index is 2.92. The van der Waals surface area contributed by atoms with Crippen LogP contribution >= 0.6 is 12.6 Å². The third-order valence-electron chi connectivity index (χ3n) is 1.71. The Labute approximate surface area is 83.9 Å². The molecule has 0 aromatic heterocycles. The van der Waals surface area contributed by atoms with Gasteiger partial charge < -0.3 is 0 Å². The van der Waals surface area contributed by atoms with Gasteiger partial charge in [-0.3, -0.25) is 4.79 Å². The number of hydrogen-bond donors (Lipinski definition) is 1. The number of Topliss-reactive ketones (excluding diaryl/α,β-unsaturated/α-hetero) is 1. The molecule has 0 saturated carbocycles.